The molecule has 3 rings (SSSR count). The first-order chi connectivity index (χ1) is 10.2. The number of hydrogen-bond donors (Lipinski definition) is 1. The van der Waals surface area contributed by atoms with Gasteiger partial charge in [0.25, 0.3) is 0 Å². The summed E-state index contributed by atoms with van der Waals surface area (Å²) in [6, 6.07) is 4.43. The minimum atomic E-state index is 0.221. The Hall–Kier alpha value is -0.780. The van der Waals surface area contributed by atoms with E-state index in [2.05, 4.69) is 40.0 Å². The molecule has 5 heteroatoms. The molecule has 116 valence electrons. The van der Waals surface area contributed by atoms with E-state index in [1.807, 2.05) is 0 Å². The van der Waals surface area contributed by atoms with Crippen LogP contribution < -0.4 is 15.2 Å². The van der Waals surface area contributed by atoms with Gasteiger partial charge in [0.2, 0.25) is 0 Å². The van der Waals surface area contributed by atoms with Crippen LogP contribution in [0.5, 0.6) is 11.5 Å². The quantitative estimate of drug-likeness (QED) is 0.882. The lowest BCUT2D eigenvalue weighted by molar-refractivity contribution is 0.239. The average Bonchev–Trinajstić information content (AvgIpc) is 3.26. The van der Waals surface area contributed by atoms with Crippen molar-refractivity contribution in [3.63, 3.8) is 0 Å². The molecule has 1 aliphatic carbocycles. The Morgan fingerprint density at radius 2 is 2.10 bits per heavy atom. The highest BCUT2D eigenvalue weighted by molar-refractivity contribution is 9.10. The van der Waals surface area contributed by atoms with Crippen LogP contribution >= 0.6 is 15.9 Å². The van der Waals surface area contributed by atoms with Crippen LogP contribution in [0.3, 0.4) is 0 Å². The number of benzene rings is 1. The lowest BCUT2D eigenvalue weighted by Gasteiger charge is -2.28. The van der Waals surface area contributed by atoms with Crippen molar-refractivity contribution in [2.45, 2.75) is 25.3 Å². The van der Waals surface area contributed by atoms with Crippen LogP contribution in [0.15, 0.2) is 16.6 Å². The maximum Gasteiger partial charge on any atom is 0.175 e. The van der Waals surface area contributed by atoms with Gasteiger partial charge < -0.3 is 15.2 Å². The number of likely N-dealkylation sites (N-methyl/N-ethyl adjacent to an activating group) is 1. The van der Waals surface area contributed by atoms with Crippen molar-refractivity contribution in [1.29, 1.82) is 0 Å². The molecule has 2 N–H and O–H groups in total. The molecule has 4 nitrogen and oxygen atoms in total. The van der Waals surface area contributed by atoms with Crippen molar-refractivity contribution in [1.82, 2.24) is 4.90 Å². The highest BCUT2D eigenvalue weighted by Crippen LogP contribution is 2.40. The van der Waals surface area contributed by atoms with E-state index in [-0.39, 0.29) is 6.04 Å². The molecule has 0 spiro atoms. The first-order valence-corrected chi connectivity index (χ1v) is 8.47. The first kappa shape index (κ1) is 15.1. The Bertz CT molecular complexity index is 505. The molecule has 1 aromatic carbocycles. The van der Waals surface area contributed by atoms with Crippen LogP contribution in [-0.2, 0) is 0 Å². The molecule has 21 heavy (non-hydrogen) atoms. The van der Waals surface area contributed by atoms with Crippen molar-refractivity contribution in [3.8, 4) is 11.5 Å². The second kappa shape index (κ2) is 6.55. The third kappa shape index (κ3) is 3.52. The van der Waals surface area contributed by atoms with Crippen molar-refractivity contribution in [3.05, 3.63) is 22.2 Å². The Labute approximate surface area is 134 Å². The fourth-order valence-corrected chi connectivity index (χ4v) is 3.42. The van der Waals surface area contributed by atoms with E-state index in [0.717, 1.165) is 34.9 Å². The number of fused-ring (bicyclic) bond motifs is 1. The van der Waals surface area contributed by atoms with Gasteiger partial charge in [0.15, 0.2) is 11.5 Å². The number of halogens is 1. The zero-order chi connectivity index (χ0) is 14.8. The number of nitrogens with zero attached hydrogens (tertiary/aromatic N) is 1. The highest BCUT2D eigenvalue weighted by Gasteiger charge is 2.27. The molecule has 1 fully saturated rings. The van der Waals surface area contributed by atoms with Crippen molar-refractivity contribution in [2.75, 3.05) is 33.4 Å². The molecule has 1 heterocycles. The van der Waals surface area contributed by atoms with Gasteiger partial charge in [-0.1, -0.05) is 0 Å². The van der Waals surface area contributed by atoms with Crippen molar-refractivity contribution in [2.24, 2.45) is 11.7 Å². The van der Waals surface area contributed by atoms with Gasteiger partial charge in [0, 0.05) is 25.6 Å². The highest BCUT2D eigenvalue weighted by atomic mass is 79.9. The normalized spacial score (nSPS) is 19.4. The van der Waals surface area contributed by atoms with E-state index in [4.69, 9.17) is 15.2 Å². The second-order valence-corrected chi connectivity index (χ2v) is 6.87. The summed E-state index contributed by atoms with van der Waals surface area (Å²) < 4.78 is 12.5. The summed E-state index contributed by atoms with van der Waals surface area (Å²) in [5.74, 6) is 2.50. The number of hydrogen-bond acceptors (Lipinski definition) is 4. The third-order valence-corrected chi connectivity index (χ3v) is 4.80. The average molecular weight is 355 g/mol. The molecular formula is C16H23BrN2O2. The lowest BCUT2D eigenvalue weighted by atomic mass is 10.0. The van der Waals surface area contributed by atoms with Crippen molar-refractivity contribution >= 4 is 15.9 Å². The molecule has 1 atom stereocenters. The van der Waals surface area contributed by atoms with E-state index < -0.39 is 0 Å². The molecule has 0 amide bonds. The van der Waals surface area contributed by atoms with Crippen LogP contribution in [0.2, 0.25) is 0 Å². The summed E-state index contributed by atoms with van der Waals surface area (Å²) in [6.07, 6.45) is 3.62. The zero-order valence-corrected chi connectivity index (χ0v) is 14.1. The van der Waals surface area contributed by atoms with E-state index in [1.54, 1.807) is 0 Å². The maximum atomic E-state index is 6.03. The topological polar surface area (TPSA) is 47.7 Å². The summed E-state index contributed by atoms with van der Waals surface area (Å²) >= 11 is 3.61. The first-order valence-electron chi connectivity index (χ1n) is 7.68. The van der Waals surface area contributed by atoms with Gasteiger partial charge in [0.1, 0.15) is 0 Å². The van der Waals surface area contributed by atoms with E-state index in [0.29, 0.717) is 19.8 Å². The molecule has 0 radical (unpaired) electrons. The zero-order valence-electron chi connectivity index (χ0n) is 12.5. The summed E-state index contributed by atoms with van der Waals surface area (Å²) in [6.45, 7) is 3.13. The van der Waals surface area contributed by atoms with Gasteiger partial charge in [-0.3, -0.25) is 4.90 Å². The lowest BCUT2D eigenvalue weighted by Crippen LogP contribution is -2.32. The predicted molar refractivity (Wildman–Crippen MR) is 86.9 cm³/mol. The summed E-state index contributed by atoms with van der Waals surface area (Å²) in [5, 5.41) is 0. The Morgan fingerprint density at radius 3 is 2.81 bits per heavy atom. The standard InChI is InChI=1S/C16H23BrN2O2/c1-19(10-11-3-4-11)14(9-18)12-7-13(17)16-15(8-12)20-5-2-6-21-16/h7-8,11,14H,2-6,9-10,18H2,1H3. The summed E-state index contributed by atoms with van der Waals surface area (Å²) in [4.78, 5) is 2.36. The molecule has 1 aromatic rings. The van der Waals surface area contributed by atoms with Gasteiger partial charge in [-0.05, 0) is 59.4 Å². The molecule has 0 aromatic heterocycles. The van der Waals surface area contributed by atoms with Gasteiger partial charge in [-0.25, -0.2) is 0 Å². The van der Waals surface area contributed by atoms with Crippen LogP contribution in [-0.4, -0.2) is 38.3 Å². The molecule has 1 saturated carbocycles. The molecule has 0 saturated heterocycles. The summed E-state index contributed by atoms with van der Waals surface area (Å²) in [7, 11) is 2.16. The van der Waals surface area contributed by atoms with Gasteiger partial charge in [-0.15, -0.1) is 0 Å². The minimum Gasteiger partial charge on any atom is -0.490 e. The van der Waals surface area contributed by atoms with E-state index in [9.17, 15) is 0 Å². The van der Waals surface area contributed by atoms with Crippen LogP contribution in [0.1, 0.15) is 30.9 Å². The number of ether oxygens (including phenoxy) is 2. The third-order valence-electron chi connectivity index (χ3n) is 4.21. The monoisotopic (exact) mass is 354 g/mol. The number of rotatable bonds is 5. The largest absolute Gasteiger partial charge is 0.490 e. The van der Waals surface area contributed by atoms with Gasteiger partial charge in [-0.2, -0.15) is 0 Å². The maximum absolute atomic E-state index is 6.03. The minimum absolute atomic E-state index is 0.221. The number of nitrogens with two attached hydrogens (primary N) is 1. The van der Waals surface area contributed by atoms with Gasteiger partial charge >= 0.3 is 0 Å². The van der Waals surface area contributed by atoms with Crippen molar-refractivity contribution < 1.29 is 9.47 Å². The molecule has 1 aliphatic heterocycles. The molecule has 1 unspecified atom stereocenters. The smallest absolute Gasteiger partial charge is 0.175 e. The SMILES string of the molecule is CN(CC1CC1)C(CN)c1cc(Br)c2c(c1)OCCCO2. The Kier molecular flexibility index (Phi) is 4.72. The Balaban J connectivity index is 1.85. The van der Waals surface area contributed by atoms with Gasteiger partial charge in [0.05, 0.1) is 17.7 Å². The second-order valence-electron chi connectivity index (χ2n) is 6.01. The van der Waals surface area contributed by atoms with E-state index in [1.165, 1.54) is 18.4 Å². The predicted octanol–water partition coefficient (Wildman–Crippen LogP) is 2.95. The summed E-state index contributed by atoms with van der Waals surface area (Å²) in [5.41, 5.74) is 7.22. The van der Waals surface area contributed by atoms with Crippen LogP contribution in [0.25, 0.3) is 0 Å². The van der Waals surface area contributed by atoms with E-state index >= 15 is 0 Å². The fraction of sp³-hybridized carbons (Fsp3) is 0.625. The van der Waals surface area contributed by atoms with Crippen LogP contribution in [0.4, 0.5) is 0 Å². The fourth-order valence-electron chi connectivity index (χ4n) is 2.85. The molecule has 2 aliphatic rings. The Morgan fingerprint density at radius 1 is 1.33 bits per heavy atom. The molecular weight excluding hydrogens is 332 g/mol. The molecule has 0 bridgehead atoms. The van der Waals surface area contributed by atoms with Crippen LogP contribution in [0, 0.1) is 5.92 Å².